The van der Waals surface area contributed by atoms with E-state index >= 15 is 0 Å². The molecule has 0 fully saturated rings. The van der Waals surface area contributed by atoms with Crippen LogP contribution in [0.25, 0.3) is 0 Å². The predicted octanol–water partition coefficient (Wildman–Crippen LogP) is 15.3. The van der Waals surface area contributed by atoms with Crippen LogP contribution in [-0.2, 0) is 14.3 Å². The Morgan fingerprint density at radius 2 is 0.793 bits per heavy atom. The number of nitrogens with one attached hydrogen (secondary N) is 1. The second kappa shape index (κ2) is 48.3. The molecule has 0 bridgehead atoms. The first-order valence-corrected chi connectivity index (χ1v) is 26.0. The van der Waals surface area contributed by atoms with Crippen molar-refractivity contribution in [3.05, 3.63) is 12.2 Å². The van der Waals surface area contributed by atoms with Crippen molar-refractivity contribution in [2.75, 3.05) is 13.2 Å². The summed E-state index contributed by atoms with van der Waals surface area (Å²) in [5.74, 6) is -0.0683. The molecule has 2 atom stereocenters. The van der Waals surface area contributed by atoms with Crippen LogP contribution in [0.3, 0.4) is 0 Å². The normalized spacial score (nSPS) is 12.7. The second-order valence-electron chi connectivity index (χ2n) is 17.9. The maximum atomic E-state index is 12.4. The summed E-state index contributed by atoms with van der Waals surface area (Å²) in [5.41, 5.74) is 0. The van der Waals surface area contributed by atoms with E-state index in [4.69, 9.17) is 4.74 Å². The highest BCUT2D eigenvalue weighted by Crippen LogP contribution is 2.16. The van der Waals surface area contributed by atoms with Gasteiger partial charge in [-0.2, -0.15) is 0 Å². The third kappa shape index (κ3) is 44.2. The lowest BCUT2D eigenvalue weighted by molar-refractivity contribution is -0.143. The maximum Gasteiger partial charge on any atom is 0.305 e. The van der Waals surface area contributed by atoms with Crippen molar-refractivity contribution < 1.29 is 24.5 Å². The monoisotopic (exact) mass is 820 g/mol. The minimum atomic E-state index is -0.844. The number of carbonyl (C=O) groups excluding carboxylic acids is 2. The first-order chi connectivity index (χ1) is 28.5. The van der Waals surface area contributed by atoms with E-state index in [9.17, 15) is 19.8 Å². The third-order valence-corrected chi connectivity index (χ3v) is 12.1. The van der Waals surface area contributed by atoms with Gasteiger partial charge in [-0.05, 0) is 32.1 Å². The fourth-order valence-electron chi connectivity index (χ4n) is 8.05. The molecule has 0 heterocycles. The number of rotatable bonds is 48. The molecule has 1 amide bonds. The number of esters is 1. The Labute approximate surface area is 361 Å². The fraction of sp³-hybridized carbons (Fsp3) is 0.923. The standard InChI is InChI=1S/C52H101NO5/c1-3-5-7-9-11-13-14-15-19-23-26-30-34-38-42-46-52(57)58-47-43-39-35-31-27-24-21-18-16-17-20-22-25-29-33-37-41-45-51(56)53-49(48-54)50(55)44-40-36-32-28-12-10-8-6-4-2/h40,44,49-50,54-55H,3-39,41-43,45-48H2,1-2H3,(H,53,56)/b44-40+. The Kier molecular flexibility index (Phi) is 47.1. The summed E-state index contributed by atoms with van der Waals surface area (Å²) in [6.45, 7) is 4.87. The third-order valence-electron chi connectivity index (χ3n) is 12.1. The van der Waals surface area contributed by atoms with E-state index in [-0.39, 0.29) is 18.5 Å². The number of allylic oxidation sites excluding steroid dienone is 1. The quantitative estimate of drug-likeness (QED) is 0.0323. The zero-order valence-electron chi connectivity index (χ0n) is 39.0. The molecule has 0 aromatic carbocycles. The minimum absolute atomic E-state index is 0.00707. The van der Waals surface area contributed by atoms with E-state index in [1.165, 1.54) is 218 Å². The summed E-state index contributed by atoms with van der Waals surface area (Å²) in [5, 5.41) is 22.9. The van der Waals surface area contributed by atoms with Crippen LogP contribution in [0.2, 0.25) is 0 Å². The van der Waals surface area contributed by atoms with Crippen LogP contribution in [0, 0.1) is 0 Å². The van der Waals surface area contributed by atoms with E-state index in [1.54, 1.807) is 6.08 Å². The van der Waals surface area contributed by atoms with Gasteiger partial charge in [-0.3, -0.25) is 9.59 Å². The van der Waals surface area contributed by atoms with Gasteiger partial charge in [0.15, 0.2) is 0 Å². The fourth-order valence-corrected chi connectivity index (χ4v) is 8.05. The summed E-state index contributed by atoms with van der Waals surface area (Å²) in [6.07, 6.45) is 55.1. The zero-order valence-corrected chi connectivity index (χ0v) is 39.0. The Morgan fingerprint density at radius 1 is 0.466 bits per heavy atom. The van der Waals surface area contributed by atoms with Crippen LogP contribution in [0.5, 0.6) is 0 Å². The highest BCUT2D eigenvalue weighted by Gasteiger charge is 2.18. The van der Waals surface area contributed by atoms with E-state index in [2.05, 4.69) is 19.2 Å². The van der Waals surface area contributed by atoms with Gasteiger partial charge < -0.3 is 20.3 Å². The summed E-state index contributed by atoms with van der Waals surface area (Å²) in [6, 6.07) is -0.628. The Morgan fingerprint density at radius 3 is 1.17 bits per heavy atom. The van der Waals surface area contributed by atoms with Gasteiger partial charge in [0.05, 0.1) is 25.4 Å². The first kappa shape index (κ1) is 56.6. The van der Waals surface area contributed by atoms with Gasteiger partial charge in [-0.15, -0.1) is 0 Å². The van der Waals surface area contributed by atoms with Crippen molar-refractivity contribution in [3.8, 4) is 0 Å². The highest BCUT2D eigenvalue weighted by molar-refractivity contribution is 5.76. The minimum Gasteiger partial charge on any atom is -0.466 e. The SMILES string of the molecule is CCCCCCCCC/C=C/C(O)C(CO)NC(=O)CCCCCCCCCCCCCCCCCCCOC(=O)CCCCCCCCCCCCCCCCC. The lowest BCUT2D eigenvalue weighted by atomic mass is 10.0. The van der Waals surface area contributed by atoms with E-state index in [1.807, 2.05) is 6.08 Å². The Balaban J connectivity index is 3.39. The first-order valence-electron chi connectivity index (χ1n) is 26.0. The molecule has 2 unspecified atom stereocenters. The summed E-state index contributed by atoms with van der Waals surface area (Å²) < 4.78 is 5.47. The topological polar surface area (TPSA) is 95.9 Å². The van der Waals surface area contributed by atoms with E-state index in [0.29, 0.717) is 19.4 Å². The smallest absolute Gasteiger partial charge is 0.305 e. The largest absolute Gasteiger partial charge is 0.466 e. The maximum absolute atomic E-state index is 12.4. The number of hydrogen-bond acceptors (Lipinski definition) is 5. The van der Waals surface area contributed by atoms with Gasteiger partial charge in [-0.1, -0.05) is 251 Å². The van der Waals surface area contributed by atoms with Crippen molar-refractivity contribution >= 4 is 11.9 Å². The molecular weight excluding hydrogens is 719 g/mol. The molecule has 0 saturated heterocycles. The molecule has 0 radical (unpaired) electrons. The van der Waals surface area contributed by atoms with Crippen molar-refractivity contribution in [2.24, 2.45) is 0 Å². The van der Waals surface area contributed by atoms with Gasteiger partial charge in [0.2, 0.25) is 5.91 Å². The van der Waals surface area contributed by atoms with Gasteiger partial charge in [0.1, 0.15) is 0 Å². The van der Waals surface area contributed by atoms with Gasteiger partial charge in [-0.25, -0.2) is 0 Å². The summed E-state index contributed by atoms with van der Waals surface area (Å²) in [7, 11) is 0. The average molecular weight is 820 g/mol. The zero-order chi connectivity index (χ0) is 42.3. The van der Waals surface area contributed by atoms with Crippen LogP contribution in [-0.4, -0.2) is 47.4 Å². The lowest BCUT2D eigenvalue weighted by Crippen LogP contribution is -2.45. The number of ether oxygens (including phenoxy) is 1. The molecule has 0 rings (SSSR count). The van der Waals surface area contributed by atoms with Crippen LogP contribution >= 0.6 is 0 Å². The molecule has 0 spiro atoms. The van der Waals surface area contributed by atoms with E-state index in [0.717, 1.165) is 38.5 Å². The lowest BCUT2D eigenvalue weighted by Gasteiger charge is -2.20. The molecular formula is C52H101NO5. The van der Waals surface area contributed by atoms with Gasteiger partial charge in [0, 0.05) is 12.8 Å². The van der Waals surface area contributed by atoms with E-state index < -0.39 is 12.1 Å². The molecule has 6 heteroatoms. The number of carbonyl (C=O) groups is 2. The van der Waals surface area contributed by atoms with Crippen LogP contribution in [0.1, 0.15) is 284 Å². The molecule has 0 saturated carbocycles. The number of hydrogen-bond donors (Lipinski definition) is 3. The summed E-state index contributed by atoms with van der Waals surface area (Å²) >= 11 is 0. The summed E-state index contributed by atoms with van der Waals surface area (Å²) in [4.78, 5) is 24.4. The van der Waals surface area contributed by atoms with Crippen molar-refractivity contribution in [2.45, 2.75) is 296 Å². The van der Waals surface area contributed by atoms with Gasteiger partial charge >= 0.3 is 5.97 Å². The van der Waals surface area contributed by atoms with Crippen LogP contribution in [0.15, 0.2) is 12.2 Å². The second-order valence-corrected chi connectivity index (χ2v) is 17.9. The Bertz CT molecular complexity index is 863. The number of unbranched alkanes of at least 4 members (excludes halogenated alkanes) is 37. The predicted molar refractivity (Wildman–Crippen MR) is 250 cm³/mol. The molecule has 0 aromatic rings. The van der Waals surface area contributed by atoms with Crippen LogP contribution < -0.4 is 5.32 Å². The van der Waals surface area contributed by atoms with Gasteiger partial charge in [0.25, 0.3) is 0 Å². The molecule has 6 nitrogen and oxygen atoms in total. The average Bonchev–Trinajstić information content (AvgIpc) is 3.22. The Hall–Kier alpha value is -1.40. The molecule has 3 N–H and O–H groups in total. The molecule has 0 aliphatic rings. The number of aliphatic hydroxyl groups excluding tert-OH is 2. The number of aliphatic hydroxyl groups is 2. The number of amides is 1. The molecule has 0 aliphatic carbocycles. The molecule has 0 aromatic heterocycles. The van der Waals surface area contributed by atoms with Crippen molar-refractivity contribution in [1.82, 2.24) is 5.32 Å². The molecule has 58 heavy (non-hydrogen) atoms. The van der Waals surface area contributed by atoms with Crippen molar-refractivity contribution in [1.29, 1.82) is 0 Å². The highest BCUT2D eigenvalue weighted by atomic mass is 16.5. The van der Waals surface area contributed by atoms with Crippen molar-refractivity contribution in [3.63, 3.8) is 0 Å². The van der Waals surface area contributed by atoms with Crippen LogP contribution in [0.4, 0.5) is 0 Å². The molecule has 0 aliphatic heterocycles. The molecule has 344 valence electrons.